The predicted molar refractivity (Wildman–Crippen MR) is 82.5 cm³/mol. The van der Waals surface area contributed by atoms with Gasteiger partial charge in [0.05, 0.1) is 15.6 Å². The van der Waals surface area contributed by atoms with E-state index in [1.165, 1.54) is 0 Å². The van der Waals surface area contributed by atoms with E-state index in [1.807, 2.05) is 11.6 Å². The van der Waals surface area contributed by atoms with Gasteiger partial charge in [-0.2, -0.15) is 0 Å². The van der Waals surface area contributed by atoms with Crippen LogP contribution in [0, 0.1) is 0 Å². The summed E-state index contributed by atoms with van der Waals surface area (Å²) in [4.78, 5) is 0. The first-order valence-electron chi connectivity index (χ1n) is 5.67. The van der Waals surface area contributed by atoms with Gasteiger partial charge >= 0.3 is 0 Å². The molecular weight excluding hydrogens is 325 g/mol. The van der Waals surface area contributed by atoms with Crippen LogP contribution in [-0.4, -0.2) is 26.4 Å². The fourth-order valence-corrected chi connectivity index (χ4v) is 3.30. The first-order valence-corrected chi connectivity index (χ1v) is 7.95. The molecule has 2 rings (SSSR count). The van der Waals surface area contributed by atoms with Crippen LogP contribution in [0.15, 0.2) is 23.4 Å². The molecule has 0 amide bonds. The Morgan fingerprint density at radius 1 is 1.21 bits per heavy atom. The number of alkyl halides is 1. The maximum atomic E-state index is 6.18. The lowest BCUT2D eigenvalue weighted by Crippen LogP contribution is -1.96. The number of thioether (sulfide) groups is 1. The molecule has 0 unspecified atom stereocenters. The molecule has 3 nitrogen and oxygen atoms in total. The van der Waals surface area contributed by atoms with Crippen molar-refractivity contribution in [1.82, 2.24) is 14.8 Å². The maximum Gasteiger partial charge on any atom is 0.191 e. The van der Waals surface area contributed by atoms with E-state index in [9.17, 15) is 0 Å². The van der Waals surface area contributed by atoms with E-state index < -0.39 is 0 Å². The van der Waals surface area contributed by atoms with E-state index in [0.29, 0.717) is 27.3 Å². The standard InChI is InChI=1S/C12H12Cl3N3S/c1-18-11(10-8(14)4-2-5-9(10)15)16-17-12(18)19-7-3-6-13/h2,4-5H,3,6-7H2,1H3. The molecular formula is C12H12Cl3N3S. The molecule has 1 aromatic heterocycles. The largest absolute Gasteiger partial charge is 0.305 e. The van der Waals surface area contributed by atoms with Gasteiger partial charge in [-0.3, -0.25) is 0 Å². The van der Waals surface area contributed by atoms with E-state index in [1.54, 1.807) is 30.0 Å². The van der Waals surface area contributed by atoms with Crippen molar-refractivity contribution in [3.63, 3.8) is 0 Å². The van der Waals surface area contributed by atoms with Gasteiger partial charge in [0.2, 0.25) is 0 Å². The summed E-state index contributed by atoms with van der Waals surface area (Å²) in [5, 5.41) is 10.3. The second-order valence-corrected chi connectivity index (χ2v) is 6.11. The highest BCUT2D eigenvalue weighted by Crippen LogP contribution is 2.34. The third kappa shape index (κ3) is 3.37. The topological polar surface area (TPSA) is 30.7 Å². The fourth-order valence-electron chi connectivity index (χ4n) is 1.59. The second-order valence-electron chi connectivity index (χ2n) is 3.85. The van der Waals surface area contributed by atoms with E-state index in [2.05, 4.69) is 10.2 Å². The number of benzene rings is 1. The summed E-state index contributed by atoms with van der Waals surface area (Å²) >= 11 is 19.6. The fraction of sp³-hybridized carbons (Fsp3) is 0.333. The van der Waals surface area contributed by atoms with Crippen LogP contribution in [0.2, 0.25) is 10.0 Å². The quantitative estimate of drug-likeness (QED) is 0.457. The van der Waals surface area contributed by atoms with Crippen molar-refractivity contribution in [1.29, 1.82) is 0 Å². The van der Waals surface area contributed by atoms with Gasteiger partial charge in [0.25, 0.3) is 0 Å². The van der Waals surface area contributed by atoms with Crippen molar-refractivity contribution >= 4 is 46.6 Å². The Bertz CT molecular complexity index is 551. The highest BCUT2D eigenvalue weighted by molar-refractivity contribution is 7.99. The van der Waals surface area contributed by atoms with Gasteiger partial charge in [-0.25, -0.2) is 0 Å². The van der Waals surface area contributed by atoms with Crippen molar-refractivity contribution in [2.24, 2.45) is 7.05 Å². The number of halogens is 3. The Labute approximate surface area is 131 Å². The minimum Gasteiger partial charge on any atom is -0.305 e. The summed E-state index contributed by atoms with van der Waals surface area (Å²) in [6.45, 7) is 0. The Balaban J connectivity index is 2.31. The molecule has 0 aliphatic carbocycles. The molecule has 19 heavy (non-hydrogen) atoms. The zero-order chi connectivity index (χ0) is 13.8. The Morgan fingerprint density at radius 2 is 1.89 bits per heavy atom. The minimum absolute atomic E-state index is 0.570. The van der Waals surface area contributed by atoms with Gasteiger partial charge in [-0.15, -0.1) is 21.8 Å². The molecule has 0 aliphatic heterocycles. The minimum atomic E-state index is 0.570. The number of rotatable bonds is 5. The molecule has 0 spiro atoms. The lowest BCUT2D eigenvalue weighted by Gasteiger charge is -2.07. The van der Waals surface area contributed by atoms with Gasteiger partial charge in [0.15, 0.2) is 11.0 Å². The summed E-state index contributed by atoms with van der Waals surface area (Å²) in [6, 6.07) is 5.39. The average Bonchev–Trinajstić information content (AvgIpc) is 2.72. The Morgan fingerprint density at radius 3 is 2.53 bits per heavy atom. The van der Waals surface area contributed by atoms with E-state index in [-0.39, 0.29) is 0 Å². The Hall–Kier alpha value is -0.420. The van der Waals surface area contributed by atoms with Crippen LogP contribution < -0.4 is 0 Å². The molecule has 0 aliphatic rings. The van der Waals surface area contributed by atoms with Crippen molar-refractivity contribution in [3.05, 3.63) is 28.2 Å². The summed E-state index contributed by atoms with van der Waals surface area (Å²) in [5.74, 6) is 2.23. The lowest BCUT2D eigenvalue weighted by molar-refractivity contribution is 0.793. The van der Waals surface area contributed by atoms with Crippen LogP contribution in [0.4, 0.5) is 0 Å². The molecule has 1 heterocycles. The molecule has 7 heteroatoms. The molecule has 0 fully saturated rings. The highest BCUT2D eigenvalue weighted by atomic mass is 35.5. The third-order valence-electron chi connectivity index (χ3n) is 2.53. The van der Waals surface area contributed by atoms with E-state index in [0.717, 1.165) is 17.3 Å². The van der Waals surface area contributed by atoms with Gasteiger partial charge in [0, 0.05) is 18.7 Å². The molecule has 0 atom stereocenters. The summed E-state index contributed by atoms with van der Waals surface area (Å²) in [7, 11) is 1.90. The average molecular weight is 337 g/mol. The summed E-state index contributed by atoms with van der Waals surface area (Å²) in [5.41, 5.74) is 0.713. The molecule has 102 valence electrons. The normalized spacial score (nSPS) is 10.9. The van der Waals surface area contributed by atoms with Gasteiger partial charge in [-0.1, -0.05) is 41.0 Å². The van der Waals surface area contributed by atoms with Crippen LogP contribution in [0.1, 0.15) is 6.42 Å². The van der Waals surface area contributed by atoms with Gasteiger partial charge in [-0.05, 0) is 18.6 Å². The van der Waals surface area contributed by atoms with E-state index in [4.69, 9.17) is 34.8 Å². The zero-order valence-corrected chi connectivity index (χ0v) is 13.3. The lowest BCUT2D eigenvalue weighted by atomic mass is 10.2. The molecule has 0 bridgehead atoms. The first kappa shape index (κ1) is 15.0. The molecule has 1 aromatic carbocycles. The van der Waals surface area contributed by atoms with Crippen LogP contribution in [0.3, 0.4) is 0 Å². The predicted octanol–water partition coefficient (Wildman–Crippen LogP) is 4.51. The van der Waals surface area contributed by atoms with Crippen LogP contribution in [0.25, 0.3) is 11.4 Å². The molecule has 0 N–H and O–H groups in total. The Kier molecular flexibility index (Phi) is 5.39. The summed E-state index contributed by atoms with van der Waals surface area (Å²) in [6.07, 6.45) is 0.932. The SMILES string of the molecule is Cn1c(SCCCCl)nnc1-c1c(Cl)cccc1Cl. The second kappa shape index (κ2) is 6.84. The summed E-state index contributed by atoms with van der Waals surface area (Å²) < 4.78 is 1.89. The third-order valence-corrected chi connectivity index (χ3v) is 4.53. The van der Waals surface area contributed by atoms with E-state index >= 15 is 0 Å². The van der Waals surface area contributed by atoms with Gasteiger partial charge in [0.1, 0.15) is 0 Å². The molecule has 0 saturated heterocycles. The molecule has 2 aromatic rings. The van der Waals surface area contributed by atoms with Crippen molar-refractivity contribution in [3.8, 4) is 11.4 Å². The number of aromatic nitrogens is 3. The smallest absolute Gasteiger partial charge is 0.191 e. The van der Waals surface area contributed by atoms with Crippen LogP contribution >= 0.6 is 46.6 Å². The molecule has 0 radical (unpaired) electrons. The van der Waals surface area contributed by atoms with Crippen molar-refractivity contribution in [2.45, 2.75) is 11.6 Å². The zero-order valence-electron chi connectivity index (χ0n) is 10.2. The molecule has 0 saturated carbocycles. The number of nitrogens with zero attached hydrogens (tertiary/aromatic N) is 3. The van der Waals surface area contributed by atoms with Crippen molar-refractivity contribution < 1.29 is 0 Å². The van der Waals surface area contributed by atoms with Crippen LogP contribution in [-0.2, 0) is 7.05 Å². The highest BCUT2D eigenvalue weighted by Gasteiger charge is 2.16. The van der Waals surface area contributed by atoms with Gasteiger partial charge < -0.3 is 4.57 Å². The number of hydrogen-bond acceptors (Lipinski definition) is 3. The van der Waals surface area contributed by atoms with Crippen LogP contribution in [0.5, 0.6) is 0 Å². The maximum absolute atomic E-state index is 6.18. The number of hydrogen-bond donors (Lipinski definition) is 0. The first-order chi connectivity index (χ1) is 9.15. The van der Waals surface area contributed by atoms with Crippen molar-refractivity contribution in [2.75, 3.05) is 11.6 Å². The monoisotopic (exact) mass is 335 g/mol.